The smallest absolute Gasteiger partial charge is 0.347 e. The highest BCUT2D eigenvalue weighted by atomic mass is 16.5. The molecular formula is C23H18N2O4. The first-order chi connectivity index (χ1) is 14.2. The summed E-state index contributed by atoms with van der Waals surface area (Å²) in [6.07, 6.45) is 3.28. The molecule has 0 fully saturated rings. The van der Waals surface area contributed by atoms with Crippen molar-refractivity contribution < 1.29 is 19.1 Å². The lowest BCUT2D eigenvalue weighted by Gasteiger charge is -2.08. The van der Waals surface area contributed by atoms with Crippen LogP contribution in [-0.4, -0.2) is 23.3 Å². The van der Waals surface area contributed by atoms with Gasteiger partial charge < -0.3 is 14.8 Å². The van der Waals surface area contributed by atoms with Gasteiger partial charge in [-0.25, -0.2) is 4.79 Å². The quantitative estimate of drug-likeness (QED) is 0.405. The van der Waals surface area contributed by atoms with E-state index in [1.54, 1.807) is 31.3 Å². The number of benzene rings is 2. The normalized spacial score (nSPS) is 14.9. The predicted molar refractivity (Wildman–Crippen MR) is 110 cm³/mol. The summed E-state index contributed by atoms with van der Waals surface area (Å²) >= 11 is 0. The van der Waals surface area contributed by atoms with Crippen LogP contribution in [0.5, 0.6) is 0 Å². The zero-order chi connectivity index (χ0) is 20.2. The van der Waals surface area contributed by atoms with Gasteiger partial charge in [0.25, 0.3) is 0 Å². The highest BCUT2D eigenvalue weighted by Gasteiger charge is 2.37. The molecule has 0 amide bonds. The summed E-state index contributed by atoms with van der Waals surface area (Å²) in [7, 11) is 0. The van der Waals surface area contributed by atoms with Crippen molar-refractivity contribution in [2.75, 3.05) is 11.9 Å². The van der Waals surface area contributed by atoms with E-state index in [1.165, 1.54) is 0 Å². The minimum Gasteiger partial charge on any atom is -0.462 e. The van der Waals surface area contributed by atoms with Gasteiger partial charge in [0.1, 0.15) is 0 Å². The van der Waals surface area contributed by atoms with Crippen molar-refractivity contribution >= 4 is 34.4 Å². The minimum absolute atomic E-state index is 0.0321. The van der Waals surface area contributed by atoms with Crippen molar-refractivity contribution in [1.82, 2.24) is 4.98 Å². The van der Waals surface area contributed by atoms with Crippen LogP contribution in [0.1, 0.15) is 12.5 Å². The second-order valence-corrected chi connectivity index (χ2v) is 6.28. The van der Waals surface area contributed by atoms with Crippen molar-refractivity contribution in [3.63, 3.8) is 0 Å². The topological polar surface area (TPSA) is 77.5 Å². The fraction of sp³-hybridized carbons (Fsp3) is 0.0870. The molecule has 2 heterocycles. The summed E-state index contributed by atoms with van der Waals surface area (Å²) in [6.45, 7) is 1.84. The number of fused-ring (bicyclic) bond motifs is 1. The number of ether oxygens (including phenoxy) is 2. The van der Waals surface area contributed by atoms with Crippen LogP contribution >= 0.6 is 0 Å². The Morgan fingerprint density at radius 2 is 1.90 bits per heavy atom. The largest absolute Gasteiger partial charge is 0.462 e. The van der Waals surface area contributed by atoms with Crippen LogP contribution in [0, 0.1) is 0 Å². The Balaban J connectivity index is 1.73. The third-order valence-electron chi connectivity index (χ3n) is 4.35. The summed E-state index contributed by atoms with van der Waals surface area (Å²) in [5.74, 6) is -1.17. The summed E-state index contributed by atoms with van der Waals surface area (Å²) in [4.78, 5) is 29.7. The number of pyridine rings is 1. The Kier molecular flexibility index (Phi) is 5.07. The van der Waals surface area contributed by atoms with Crippen LogP contribution in [0.15, 0.2) is 84.1 Å². The molecule has 29 heavy (non-hydrogen) atoms. The number of hydrogen-bond donors (Lipinski definition) is 1. The predicted octanol–water partition coefficient (Wildman–Crippen LogP) is 4.06. The van der Waals surface area contributed by atoms with Crippen molar-refractivity contribution in [2.24, 2.45) is 0 Å². The molecule has 0 saturated carbocycles. The number of para-hydroxylation sites is 2. The molecule has 1 N–H and O–H groups in total. The lowest BCUT2D eigenvalue weighted by molar-refractivity contribution is -0.139. The van der Waals surface area contributed by atoms with E-state index in [-0.39, 0.29) is 23.8 Å². The number of hydrogen-bond acceptors (Lipinski definition) is 6. The van der Waals surface area contributed by atoms with Crippen LogP contribution in [0.3, 0.4) is 0 Å². The molecule has 1 aromatic heterocycles. The van der Waals surface area contributed by atoms with E-state index >= 15 is 0 Å². The maximum atomic E-state index is 13.0. The monoisotopic (exact) mass is 386 g/mol. The van der Waals surface area contributed by atoms with Gasteiger partial charge in [-0.15, -0.1) is 0 Å². The average molecular weight is 386 g/mol. The Hall–Kier alpha value is -3.93. The summed E-state index contributed by atoms with van der Waals surface area (Å²) in [5.41, 5.74) is 1.98. The van der Waals surface area contributed by atoms with Gasteiger partial charge in [0.2, 0.25) is 11.7 Å². The molecule has 0 atom stereocenters. The first-order valence-electron chi connectivity index (χ1n) is 9.19. The summed E-state index contributed by atoms with van der Waals surface area (Å²) in [6, 6.07) is 18.6. The minimum atomic E-state index is -0.727. The van der Waals surface area contributed by atoms with Gasteiger partial charge in [-0.2, -0.15) is 0 Å². The molecule has 0 unspecified atom stereocenters. The number of rotatable bonds is 5. The number of carbonyl (C=O) groups is 2. The highest BCUT2D eigenvalue weighted by molar-refractivity contribution is 6.26. The Bertz CT molecular complexity index is 1140. The number of carbonyl (C=O) groups excluding carboxylic acids is 2. The second kappa shape index (κ2) is 7.98. The van der Waals surface area contributed by atoms with Crippen LogP contribution < -0.4 is 5.32 Å². The van der Waals surface area contributed by atoms with Gasteiger partial charge in [-0.05, 0) is 31.2 Å². The fourth-order valence-electron chi connectivity index (χ4n) is 3.04. The number of Topliss-reactive ketones (excluding diaryl/α,β-unsaturated/α-hetero) is 1. The number of ketones is 1. The van der Waals surface area contributed by atoms with Crippen LogP contribution in [0.4, 0.5) is 5.69 Å². The van der Waals surface area contributed by atoms with Crippen molar-refractivity contribution in [3.8, 4) is 0 Å². The Morgan fingerprint density at radius 3 is 2.69 bits per heavy atom. The molecule has 144 valence electrons. The molecule has 0 saturated heterocycles. The van der Waals surface area contributed by atoms with Crippen molar-refractivity contribution in [1.29, 1.82) is 0 Å². The standard InChI is InChI=1S/C23H18N2O4/c1-2-28-23(27)19-21(26)18(29-22(19)25-17-11-4-3-5-12-17)14-16-9-6-8-15-10-7-13-24-20(15)16/h3-14,25H,2H2,1H3. The second-order valence-electron chi connectivity index (χ2n) is 6.28. The molecule has 2 aromatic carbocycles. The first-order valence-corrected chi connectivity index (χ1v) is 9.19. The molecule has 1 aliphatic heterocycles. The fourth-order valence-corrected chi connectivity index (χ4v) is 3.04. The maximum absolute atomic E-state index is 13.0. The zero-order valence-electron chi connectivity index (χ0n) is 15.7. The number of aromatic nitrogens is 1. The first kappa shape index (κ1) is 18.4. The average Bonchev–Trinajstić information content (AvgIpc) is 3.04. The number of nitrogens with one attached hydrogen (secondary N) is 1. The maximum Gasteiger partial charge on any atom is 0.347 e. The van der Waals surface area contributed by atoms with Crippen molar-refractivity contribution in [3.05, 3.63) is 89.6 Å². The number of esters is 1. The van der Waals surface area contributed by atoms with E-state index < -0.39 is 11.8 Å². The molecule has 1 aliphatic rings. The molecule has 0 bridgehead atoms. The van der Waals surface area contributed by atoms with E-state index in [0.29, 0.717) is 5.69 Å². The van der Waals surface area contributed by atoms with Gasteiger partial charge in [0, 0.05) is 22.8 Å². The molecule has 6 nitrogen and oxygen atoms in total. The van der Waals surface area contributed by atoms with Gasteiger partial charge in [0.05, 0.1) is 12.1 Å². The summed E-state index contributed by atoms with van der Waals surface area (Å²) in [5, 5.41) is 3.93. The highest BCUT2D eigenvalue weighted by Crippen LogP contribution is 2.30. The third kappa shape index (κ3) is 3.73. The lowest BCUT2D eigenvalue weighted by Crippen LogP contribution is -2.16. The number of anilines is 1. The number of allylic oxidation sites excluding steroid dienone is 1. The van der Waals surface area contributed by atoms with E-state index in [1.807, 2.05) is 48.5 Å². The molecule has 0 radical (unpaired) electrons. The molecule has 6 heteroatoms. The van der Waals surface area contributed by atoms with Crippen LogP contribution in [0.25, 0.3) is 17.0 Å². The molecule has 4 rings (SSSR count). The van der Waals surface area contributed by atoms with Gasteiger partial charge in [-0.3, -0.25) is 9.78 Å². The molecule has 0 aliphatic carbocycles. The van der Waals surface area contributed by atoms with E-state index in [9.17, 15) is 9.59 Å². The zero-order valence-corrected chi connectivity index (χ0v) is 15.7. The van der Waals surface area contributed by atoms with Crippen molar-refractivity contribution in [2.45, 2.75) is 6.92 Å². The van der Waals surface area contributed by atoms with Crippen LogP contribution in [0.2, 0.25) is 0 Å². The molecule has 3 aromatic rings. The SMILES string of the molecule is CCOC(=O)C1=C(Nc2ccccc2)OC(=Cc2cccc3cccnc23)C1=O. The Labute approximate surface area is 167 Å². The van der Waals surface area contributed by atoms with E-state index in [4.69, 9.17) is 9.47 Å². The molecule has 0 spiro atoms. The van der Waals surface area contributed by atoms with E-state index in [2.05, 4.69) is 10.3 Å². The van der Waals surface area contributed by atoms with Gasteiger partial charge in [0.15, 0.2) is 11.3 Å². The van der Waals surface area contributed by atoms with Gasteiger partial charge in [-0.1, -0.05) is 42.5 Å². The number of nitrogens with zero attached hydrogens (tertiary/aromatic N) is 1. The van der Waals surface area contributed by atoms with E-state index in [0.717, 1.165) is 16.5 Å². The lowest BCUT2D eigenvalue weighted by atomic mass is 10.1. The van der Waals surface area contributed by atoms with Gasteiger partial charge >= 0.3 is 5.97 Å². The summed E-state index contributed by atoms with van der Waals surface area (Å²) < 4.78 is 10.8. The van der Waals surface area contributed by atoms with Crippen LogP contribution in [-0.2, 0) is 19.1 Å². The molecular weight excluding hydrogens is 368 g/mol. The Morgan fingerprint density at radius 1 is 1.10 bits per heavy atom. The third-order valence-corrected chi connectivity index (χ3v) is 4.35.